The maximum Gasteiger partial charge on any atom is 0.0541 e. The van der Waals surface area contributed by atoms with Crippen molar-refractivity contribution in [2.24, 2.45) is 5.73 Å². The Morgan fingerprint density at radius 1 is 1.07 bits per heavy atom. The lowest BCUT2D eigenvalue weighted by Crippen LogP contribution is -2.49. The molecule has 1 saturated heterocycles. The fraction of sp³-hybridized carbons (Fsp3) is 1.00. The number of piperidine rings is 1. The highest BCUT2D eigenvalue weighted by Crippen LogP contribution is 2.25. The lowest BCUT2D eigenvalue weighted by molar-refractivity contribution is 0.0610. The molecule has 0 aromatic rings. The summed E-state index contributed by atoms with van der Waals surface area (Å²) >= 11 is 0. The van der Waals surface area contributed by atoms with E-state index in [1.807, 2.05) is 0 Å². The molecule has 0 spiro atoms. The minimum absolute atomic E-state index is 0. The fourth-order valence-electron chi connectivity index (χ4n) is 2.80. The first-order chi connectivity index (χ1) is 6.75. The molecule has 0 amide bonds. The van der Waals surface area contributed by atoms with Gasteiger partial charge in [0.1, 0.15) is 0 Å². The maximum atomic E-state index is 9.43. The van der Waals surface area contributed by atoms with Crippen LogP contribution in [0.25, 0.3) is 0 Å². The summed E-state index contributed by atoms with van der Waals surface area (Å²) in [4.78, 5) is 2.54. The van der Waals surface area contributed by atoms with E-state index in [2.05, 4.69) is 4.90 Å². The number of nitrogens with zero attached hydrogens (tertiary/aromatic N) is 1. The number of likely N-dealkylation sites (tertiary alicyclic amines) is 1. The summed E-state index contributed by atoms with van der Waals surface area (Å²) in [5, 5.41) is 9.43. The molecular weight excluding hydrogens is 212 g/mol. The molecule has 1 atom stereocenters. The van der Waals surface area contributed by atoms with Gasteiger partial charge in [-0.3, -0.25) is 4.90 Å². The molecule has 0 aromatic carbocycles. The molecule has 0 bridgehead atoms. The van der Waals surface area contributed by atoms with Crippen LogP contribution in [0.1, 0.15) is 38.5 Å². The third-order valence-corrected chi connectivity index (χ3v) is 3.67. The number of hydrogen-bond donors (Lipinski definition) is 2. The van der Waals surface area contributed by atoms with Crippen LogP contribution in [0.15, 0.2) is 0 Å². The lowest BCUT2D eigenvalue weighted by atomic mass is 9.90. The number of aliphatic hydroxyl groups excluding tert-OH is 1. The van der Waals surface area contributed by atoms with Gasteiger partial charge in [-0.2, -0.15) is 0 Å². The average Bonchev–Trinajstić information content (AvgIpc) is 2.19. The van der Waals surface area contributed by atoms with Crippen molar-refractivity contribution in [1.82, 2.24) is 4.90 Å². The normalized spacial score (nSPS) is 38.4. The van der Waals surface area contributed by atoms with Crippen LogP contribution in [0.2, 0.25) is 0 Å². The van der Waals surface area contributed by atoms with Crippen molar-refractivity contribution >= 4 is 12.4 Å². The third kappa shape index (κ3) is 3.59. The Kier molecular flexibility index (Phi) is 5.33. The monoisotopic (exact) mass is 234 g/mol. The highest BCUT2D eigenvalue weighted by molar-refractivity contribution is 5.85. The molecule has 15 heavy (non-hydrogen) atoms. The van der Waals surface area contributed by atoms with Gasteiger partial charge in [0.2, 0.25) is 0 Å². The Bertz CT molecular complexity index is 183. The zero-order valence-corrected chi connectivity index (χ0v) is 10.1. The Hall–Kier alpha value is 0.170. The third-order valence-electron chi connectivity index (χ3n) is 3.67. The highest BCUT2D eigenvalue weighted by Gasteiger charge is 2.27. The van der Waals surface area contributed by atoms with Crippen molar-refractivity contribution in [3.8, 4) is 0 Å². The van der Waals surface area contributed by atoms with Crippen LogP contribution in [0.5, 0.6) is 0 Å². The fourth-order valence-corrected chi connectivity index (χ4v) is 2.80. The van der Waals surface area contributed by atoms with Crippen LogP contribution in [0.4, 0.5) is 0 Å². The zero-order valence-electron chi connectivity index (χ0n) is 9.27. The van der Waals surface area contributed by atoms with Gasteiger partial charge in [-0.15, -0.1) is 12.4 Å². The zero-order chi connectivity index (χ0) is 9.97. The lowest BCUT2D eigenvalue weighted by Gasteiger charge is -2.39. The van der Waals surface area contributed by atoms with E-state index in [0.29, 0.717) is 12.1 Å². The second-order valence-corrected chi connectivity index (χ2v) is 4.86. The number of halogens is 1. The molecule has 2 rings (SSSR count). The van der Waals surface area contributed by atoms with Gasteiger partial charge in [-0.05, 0) is 45.1 Å². The summed E-state index contributed by atoms with van der Waals surface area (Å²) in [5.41, 5.74) is 5.97. The van der Waals surface area contributed by atoms with Crippen molar-refractivity contribution in [2.45, 2.75) is 56.7 Å². The number of aliphatic hydroxyl groups is 1. The van der Waals surface area contributed by atoms with Crippen LogP contribution in [-0.4, -0.2) is 41.3 Å². The summed E-state index contributed by atoms with van der Waals surface area (Å²) in [5.74, 6) is 0. The van der Waals surface area contributed by atoms with Gasteiger partial charge in [-0.25, -0.2) is 0 Å². The molecule has 2 fully saturated rings. The molecule has 2 aliphatic rings. The summed E-state index contributed by atoms with van der Waals surface area (Å²) in [7, 11) is 0. The molecule has 1 saturated carbocycles. The molecule has 3 nitrogen and oxygen atoms in total. The van der Waals surface area contributed by atoms with Crippen LogP contribution in [-0.2, 0) is 0 Å². The summed E-state index contributed by atoms with van der Waals surface area (Å²) in [6, 6.07) is 1.08. The smallest absolute Gasteiger partial charge is 0.0541 e. The van der Waals surface area contributed by atoms with E-state index in [1.165, 1.54) is 19.4 Å². The number of rotatable bonds is 1. The largest absolute Gasteiger partial charge is 0.393 e. The van der Waals surface area contributed by atoms with Gasteiger partial charge in [0.05, 0.1) is 6.10 Å². The first kappa shape index (κ1) is 13.2. The predicted molar refractivity (Wildman–Crippen MR) is 64.3 cm³/mol. The molecule has 4 heteroatoms. The van der Waals surface area contributed by atoms with Crippen molar-refractivity contribution in [3.05, 3.63) is 0 Å². The van der Waals surface area contributed by atoms with E-state index in [0.717, 1.165) is 32.2 Å². The van der Waals surface area contributed by atoms with E-state index < -0.39 is 0 Å². The average molecular weight is 235 g/mol. The van der Waals surface area contributed by atoms with Crippen LogP contribution >= 0.6 is 12.4 Å². The SMILES string of the molecule is Cl.N[C@@H]1CCCN(C2CCC(O)CC2)C1. The molecule has 90 valence electrons. The minimum atomic E-state index is -0.0373. The Labute approximate surface area is 98.4 Å². The maximum absolute atomic E-state index is 9.43. The van der Waals surface area contributed by atoms with Gasteiger partial charge in [0.15, 0.2) is 0 Å². The molecule has 0 unspecified atom stereocenters. The van der Waals surface area contributed by atoms with Crippen molar-refractivity contribution < 1.29 is 5.11 Å². The van der Waals surface area contributed by atoms with E-state index in [9.17, 15) is 5.11 Å². The van der Waals surface area contributed by atoms with Gasteiger partial charge in [-0.1, -0.05) is 0 Å². The van der Waals surface area contributed by atoms with Gasteiger partial charge >= 0.3 is 0 Å². The molecule has 1 heterocycles. The molecule has 3 N–H and O–H groups in total. The first-order valence-corrected chi connectivity index (χ1v) is 5.93. The summed E-state index contributed by atoms with van der Waals surface area (Å²) < 4.78 is 0. The predicted octanol–water partition coefficient (Wildman–Crippen LogP) is 1.13. The van der Waals surface area contributed by atoms with Gasteiger partial charge < -0.3 is 10.8 Å². The van der Waals surface area contributed by atoms with Crippen LogP contribution < -0.4 is 5.73 Å². The molecule has 0 aromatic heterocycles. The topological polar surface area (TPSA) is 49.5 Å². The Balaban J connectivity index is 0.00000112. The molecule has 1 aliphatic carbocycles. The van der Waals surface area contributed by atoms with Crippen molar-refractivity contribution in [2.75, 3.05) is 13.1 Å². The van der Waals surface area contributed by atoms with E-state index >= 15 is 0 Å². The quantitative estimate of drug-likeness (QED) is 0.716. The van der Waals surface area contributed by atoms with Gasteiger partial charge in [0.25, 0.3) is 0 Å². The number of nitrogens with two attached hydrogens (primary N) is 1. The Morgan fingerprint density at radius 3 is 2.33 bits per heavy atom. The standard InChI is InChI=1S/C11H22N2O.ClH/c12-9-2-1-7-13(8-9)10-3-5-11(14)6-4-10;/h9-11,14H,1-8,12H2;1H/t9-,10?,11?;/m1./s1. The summed E-state index contributed by atoms with van der Waals surface area (Å²) in [6.45, 7) is 2.29. The molecular formula is C11H23ClN2O. The highest BCUT2D eigenvalue weighted by atomic mass is 35.5. The molecule has 0 radical (unpaired) electrons. The van der Waals surface area contributed by atoms with E-state index in [-0.39, 0.29) is 18.5 Å². The van der Waals surface area contributed by atoms with Crippen molar-refractivity contribution in [1.29, 1.82) is 0 Å². The minimum Gasteiger partial charge on any atom is -0.393 e. The van der Waals surface area contributed by atoms with E-state index in [1.54, 1.807) is 0 Å². The molecule has 1 aliphatic heterocycles. The van der Waals surface area contributed by atoms with E-state index in [4.69, 9.17) is 5.73 Å². The number of hydrogen-bond acceptors (Lipinski definition) is 3. The van der Waals surface area contributed by atoms with Crippen molar-refractivity contribution in [3.63, 3.8) is 0 Å². The second-order valence-electron chi connectivity index (χ2n) is 4.86. The Morgan fingerprint density at radius 2 is 1.73 bits per heavy atom. The summed E-state index contributed by atoms with van der Waals surface area (Å²) in [6.07, 6.45) is 6.69. The van der Waals surface area contributed by atoms with Crippen LogP contribution in [0, 0.1) is 0 Å². The van der Waals surface area contributed by atoms with Crippen LogP contribution in [0.3, 0.4) is 0 Å². The van der Waals surface area contributed by atoms with Gasteiger partial charge in [0, 0.05) is 18.6 Å². The second kappa shape index (κ2) is 6.04. The first-order valence-electron chi connectivity index (χ1n) is 5.93.